The van der Waals surface area contributed by atoms with E-state index in [9.17, 15) is 13.2 Å². The number of anilines is 1. The number of ether oxygens (including phenoxy) is 1. The quantitative estimate of drug-likeness (QED) is 0.760. The van der Waals surface area contributed by atoms with Gasteiger partial charge in [0.2, 0.25) is 0 Å². The van der Waals surface area contributed by atoms with E-state index >= 15 is 0 Å². The van der Waals surface area contributed by atoms with Crippen LogP contribution in [0.3, 0.4) is 0 Å². The summed E-state index contributed by atoms with van der Waals surface area (Å²) in [4.78, 5) is 0. The van der Waals surface area contributed by atoms with Crippen LogP contribution in [0, 0.1) is 0 Å². The highest BCUT2D eigenvalue weighted by molar-refractivity contribution is 5.75. The Hall–Kier alpha value is -2.35. The number of hydrogen-bond acceptors (Lipinski definition) is 5. The molecule has 1 aromatic heterocycles. The van der Waals surface area contributed by atoms with Crippen LogP contribution in [0.15, 0.2) is 18.2 Å². The fourth-order valence-corrected chi connectivity index (χ4v) is 4.36. The molecule has 8 heteroatoms. The molecule has 0 amide bonds. The number of nitrogens with zero attached hydrogens (tertiary/aromatic N) is 2. The van der Waals surface area contributed by atoms with Crippen molar-refractivity contribution in [2.24, 2.45) is 0 Å². The molecule has 2 N–H and O–H groups in total. The molecule has 1 aliphatic carbocycles. The van der Waals surface area contributed by atoms with Gasteiger partial charge in [-0.15, -0.1) is 10.2 Å². The van der Waals surface area contributed by atoms with Gasteiger partial charge in [0.05, 0.1) is 12.7 Å². The molecule has 0 radical (unpaired) electrons. The van der Waals surface area contributed by atoms with Gasteiger partial charge >= 0.3 is 6.18 Å². The first-order valence-corrected chi connectivity index (χ1v) is 10.6. The summed E-state index contributed by atoms with van der Waals surface area (Å²) in [5.41, 5.74) is 2.20. The molecular formula is C22H27F3N4O. The van der Waals surface area contributed by atoms with Gasteiger partial charge in [-0.1, -0.05) is 6.42 Å². The van der Waals surface area contributed by atoms with Crippen molar-refractivity contribution in [3.63, 3.8) is 0 Å². The molecule has 1 aliphatic heterocycles. The number of fused-ring (bicyclic) bond motifs is 3. The van der Waals surface area contributed by atoms with E-state index in [0.29, 0.717) is 35.1 Å². The van der Waals surface area contributed by atoms with Gasteiger partial charge in [0.1, 0.15) is 17.3 Å². The lowest BCUT2D eigenvalue weighted by Gasteiger charge is -2.24. The predicted octanol–water partition coefficient (Wildman–Crippen LogP) is 4.60. The number of methoxy groups -OCH3 is 1. The SMILES string of the molecule is COc1cc(C(F)(F)F)cc2c1-c1nnc(NC3CCCNC3)cc1CCCCC2. The highest BCUT2D eigenvalue weighted by Gasteiger charge is 2.33. The summed E-state index contributed by atoms with van der Waals surface area (Å²) in [6, 6.07) is 4.62. The first-order valence-electron chi connectivity index (χ1n) is 10.6. The number of aromatic nitrogens is 2. The van der Waals surface area contributed by atoms with Crippen molar-refractivity contribution >= 4 is 5.82 Å². The molecule has 2 aromatic rings. The number of halogens is 3. The topological polar surface area (TPSA) is 59.1 Å². The van der Waals surface area contributed by atoms with Crippen LogP contribution in [0.5, 0.6) is 5.75 Å². The van der Waals surface area contributed by atoms with Crippen molar-refractivity contribution in [1.82, 2.24) is 15.5 Å². The second-order valence-electron chi connectivity index (χ2n) is 8.06. The summed E-state index contributed by atoms with van der Waals surface area (Å²) in [6.45, 7) is 1.92. The zero-order valence-electron chi connectivity index (χ0n) is 17.1. The number of aryl methyl sites for hydroxylation is 2. The molecule has 4 rings (SSSR count). The maximum Gasteiger partial charge on any atom is 0.416 e. The molecule has 0 spiro atoms. The molecule has 1 atom stereocenters. The molecule has 2 aliphatic rings. The van der Waals surface area contributed by atoms with E-state index in [4.69, 9.17) is 4.74 Å². The molecule has 1 unspecified atom stereocenters. The Labute approximate surface area is 174 Å². The van der Waals surface area contributed by atoms with Crippen molar-refractivity contribution in [2.45, 2.75) is 57.2 Å². The zero-order chi connectivity index (χ0) is 21.1. The minimum Gasteiger partial charge on any atom is -0.496 e. The predicted molar refractivity (Wildman–Crippen MR) is 110 cm³/mol. The van der Waals surface area contributed by atoms with Gasteiger partial charge in [0.25, 0.3) is 0 Å². The number of nitrogens with one attached hydrogen (secondary N) is 2. The fraction of sp³-hybridized carbons (Fsp3) is 0.545. The third-order valence-corrected chi connectivity index (χ3v) is 5.88. The third kappa shape index (κ3) is 4.53. The Kier molecular flexibility index (Phi) is 6.13. The van der Waals surface area contributed by atoms with E-state index in [1.54, 1.807) is 0 Å². The highest BCUT2D eigenvalue weighted by atomic mass is 19.4. The van der Waals surface area contributed by atoms with Crippen molar-refractivity contribution in [3.05, 3.63) is 34.9 Å². The maximum absolute atomic E-state index is 13.4. The van der Waals surface area contributed by atoms with Crippen LogP contribution in [0.4, 0.5) is 19.0 Å². The number of piperidine rings is 1. The summed E-state index contributed by atoms with van der Waals surface area (Å²) >= 11 is 0. The monoisotopic (exact) mass is 420 g/mol. The van der Waals surface area contributed by atoms with Crippen molar-refractivity contribution in [1.29, 1.82) is 0 Å². The largest absolute Gasteiger partial charge is 0.496 e. The number of benzene rings is 1. The number of rotatable bonds is 3. The number of alkyl halides is 3. The van der Waals surface area contributed by atoms with E-state index in [0.717, 1.165) is 63.2 Å². The van der Waals surface area contributed by atoms with Crippen molar-refractivity contribution in [3.8, 4) is 17.0 Å². The van der Waals surface area contributed by atoms with Gasteiger partial charge in [-0.3, -0.25) is 0 Å². The lowest BCUT2D eigenvalue weighted by atomic mass is 9.94. The minimum atomic E-state index is -4.42. The first-order chi connectivity index (χ1) is 14.5. The van der Waals surface area contributed by atoms with E-state index in [1.165, 1.54) is 13.2 Å². The molecule has 1 saturated heterocycles. The summed E-state index contributed by atoms with van der Waals surface area (Å²) in [6.07, 6.45) is 1.89. The standard InChI is InChI=1S/C22H27F3N4O/c1-30-18-12-16(22(23,24)25)10-14-6-3-2-4-7-15-11-19(28-29-21(15)20(14)18)27-17-8-5-9-26-13-17/h10-12,17,26H,2-9,13H2,1H3,(H,27,28). The van der Waals surface area contributed by atoms with E-state index < -0.39 is 11.7 Å². The Morgan fingerprint density at radius 3 is 2.53 bits per heavy atom. The van der Waals surface area contributed by atoms with E-state index in [2.05, 4.69) is 20.8 Å². The van der Waals surface area contributed by atoms with E-state index in [1.807, 2.05) is 6.07 Å². The Bertz CT molecular complexity index is 895. The van der Waals surface area contributed by atoms with Gasteiger partial charge in [-0.25, -0.2) is 0 Å². The summed E-state index contributed by atoms with van der Waals surface area (Å²) in [5.74, 6) is 0.920. The molecule has 5 nitrogen and oxygen atoms in total. The zero-order valence-corrected chi connectivity index (χ0v) is 17.1. The molecule has 1 fully saturated rings. The Balaban J connectivity index is 1.76. The molecule has 1 aromatic carbocycles. The number of hydrogen-bond donors (Lipinski definition) is 2. The second-order valence-corrected chi connectivity index (χ2v) is 8.06. The van der Waals surface area contributed by atoms with Gasteiger partial charge < -0.3 is 15.4 Å². The molecule has 0 bridgehead atoms. The lowest BCUT2D eigenvalue weighted by Crippen LogP contribution is -2.38. The van der Waals surface area contributed by atoms with Crippen molar-refractivity contribution in [2.75, 3.05) is 25.5 Å². The van der Waals surface area contributed by atoms with Crippen LogP contribution < -0.4 is 15.4 Å². The molecule has 0 saturated carbocycles. The molecule has 30 heavy (non-hydrogen) atoms. The van der Waals surface area contributed by atoms with Crippen LogP contribution in [0.2, 0.25) is 0 Å². The fourth-order valence-electron chi connectivity index (χ4n) is 4.36. The average molecular weight is 420 g/mol. The summed E-state index contributed by atoms with van der Waals surface area (Å²) < 4.78 is 45.6. The van der Waals surface area contributed by atoms with Gasteiger partial charge in [0, 0.05) is 18.2 Å². The van der Waals surface area contributed by atoms with E-state index in [-0.39, 0.29) is 5.75 Å². The lowest BCUT2D eigenvalue weighted by molar-refractivity contribution is -0.137. The molecule has 162 valence electrons. The highest BCUT2D eigenvalue weighted by Crippen LogP contribution is 2.41. The second kappa shape index (κ2) is 8.79. The normalized spacial score (nSPS) is 19.7. The average Bonchev–Trinajstić information content (AvgIpc) is 2.81. The smallest absolute Gasteiger partial charge is 0.416 e. The van der Waals surface area contributed by atoms with Crippen molar-refractivity contribution < 1.29 is 17.9 Å². The molecule has 2 heterocycles. The maximum atomic E-state index is 13.4. The van der Waals surface area contributed by atoms with Gasteiger partial charge in [-0.05, 0) is 74.4 Å². The summed E-state index contributed by atoms with van der Waals surface area (Å²) in [5, 5.41) is 15.7. The third-order valence-electron chi connectivity index (χ3n) is 5.88. The summed E-state index contributed by atoms with van der Waals surface area (Å²) in [7, 11) is 1.40. The first kappa shape index (κ1) is 20.9. The Morgan fingerprint density at radius 1 is 1.03 bits per heavy atom. The van der Waals surface area contributed by atoms with Crippen LogP contribution in [0.1, 0.15) is 48.8 Å². The Morgan fingerprint density at radius 2 is 1.83 bits per heavy atom. The minimum absolute atomic E-state index is 0.203. The van der Waals surface area contributed by atoms with Gasteiger partial charge in [0.15, 0.2) is 0 Å². The van der Waals surface area contributed by atoms with Crippen LogP contribution in [0.25, 0.3) is 11.3 Å². The van der Waals surface area contributed by atoms with Crippen LogP contribution in [-0.2, 0) is 19.0 Å². The van der Waals surface area contributed by atoms with Crippen LogP contribution >= 0.6 is 0 Å². The van der Waals surface area contributed by atoms with Crippen LogP contribution in [-0.4, -0.2) is 36.4 Å². The van der Waals surface area contributed by atoms with Gasteiger partial charge in [-0.2, -0.15) is 13.2 Å². The molecular weight excluding hydrogens is 393 g/mol.